The Hall–Kier alpha value is -2.72. The first-order chi connectivity index (χ1) is 13.5. The number of aliphatic hydroxyl groups is 2. The second-order valence-electron chi connectivity index (χ2n) is 7.01. The van der Waals surface area contributed by atoms with Gasteiger partial charge in [0.1, 0.15) is 17.6 Å². The minimum absolute atomic E-state index is 0.405. The van der Waals surface area contributed by atoms with E-state index >= 15 is 0 Å². The molecular weight excluding hydrogens is 360 g/mol. The molecule has 1 aromatic carbocycles. The number of anilines is 2. The van der Waals surface area contributed by atoms with Gasteiger partial charge in [-0.3, -0.25) is 4.90 Å². The quantitative estimate of drug-likeness (QED) is 0.497. The molecule has 1 saturated heterocycles. The zero-order valence-corrected chi connectivity index (χ0v) is 15.6. The van der Waals surface area contributed by atoms with Crippen molar-refractivity contribution in [1.29, 1.82) is 0 Å². The number of benzene rings is 1. The highest BCUT2D eigenvalue weighted by molar-refractivity contribution is 5.76. The van der Waals surface area contributed by atoms with E-state index in [1.54, 1.807) is 11.6 Å². The highest BCUT2D eigenvalue weighted by Crippen LogP contribution is 2.26. The van der Waals surface area contributed by atoms with E-state index in [9.17, 15) is 10.2 Å². The first-order valence-electron chi connectivity index (χ1n) is 9.11. The van der Waals surface area contributed by atoms with Gasteiger partial charge in [-0.15, -0.1) is 0 Å². The van der Waals surface area contributed by atoms with E-state index < -0.39 is 18.2 Å². The molecule has 148 valence electrons. The molecule has 3 aromatic rings. The van der Waals surface area contributed by atoms with E-state index in [1.807, 2.05) is 41.4 Å². The van der Waals surface area contributed by atoms with Gasteiger partial charge in [0.15, 0.2) is 5.82 Å². The second-order valence-corrected chi connectivity index (χ2v) is 7.01. The molecule has 0 amide bonds. The second kappa shape index (κ2) is 7.72. The molecule has 0 aliphatic carbocycles. The Morgan fingerprint density at radius 2 is 2.04 bits per heavy atom. The molecule has 28 heavy (non-hydrogen) atoms. The highest BCUT2D eigenvalue weighted by atomic mass is 16.5. The Morgan fingerprint density at radius 3 is 2.79 bits per heavy atom. The number of nitrogens with zero attached hydrogens (tertiary/aromatic N) is 4. The molecule has 4 rings (SSSR count). The Labute approximate surface area is 162 Å². The van der Waals surface area contributed by atoms with Crippen molar-refractivity contribution < 1.29 is 14.9 Å². The zero-order chi connectivity index (χ0) is 19.7. The highest BCUT2D eigenvalue weighted by Gasteiger charge is 2.32. The molecule has 1 fully saturated rings. The van der Waals surface area contributed by atoms with Crippen LogP contribution in [0.3, 0.4) is 0 Å². The lowest BCUT2D eigenvalue weighted by Crippen LogP contribution is -2.58. The summed E-state index contributed by atoms with van der Waals surface area (Å²) in [6, 6.07) is 8.95. The summed E-state index contributed by atoms with van der Waals surface area (Å²) in [5.41, 5.74) is 8.48. The third-order valence-corrected chi connectivity index (χ3v) is 5.04. The van der Waals surface area contributed by atoms with Crippen molar-refractivity contribution in [3.63, 3.8) is 0 Å². The number of methoxy groups -OCH3 is 1. The molecule has 3 heterocycles. The van der Waals surface area contributed by atoms with Crippen LogP contribution in [0.1, 0.15) is 5.56 Å². The third-order valence-electron chi connectivity index (χ3n) is 5.04. The van der Waals surface area contributed by atoms with Gasteiger partial charge in [0.05, 0.1) is 25.4 Å². The first kappa shape index (κ1) is 18.6. The van der Waals surface area contributed by atoms with Crippen molar-refractivity contribution >= 4 is 17.0 Å². The lowest BCUT2D eigenvalue weighted by atomic mass is 9.99. The fourth-order valence-corrected chi connectivity index (χ4v) is 3.55. The van der Waals surface area contributed by atoms with Crippen molar-refractivity contribution in [3.05, 3.63) is 48.4 Å². The maximum absolute atomic E-state index is 10.1. The Balaban J connectivity index is 1.62. The smallest absolute Gasteiger partial charge is 0.158 e. The van der Waals surface area contributed by atoms with Crippen molar-refractivity contribution in [3.8, 4) is 5.75 Å². The number of likely N-dealkylation sites (tertiary alicyclic amines) is 1. The number of ether oxygens (including phenoxy) is 1. The molecule has 3 atom stereocenters. The maximum Gasteiger partial charge on any atom is 0.158 e. The van der Waals surface area contributed by atoms with E-state index in [0.29, 0.717) is 25.5 Å². The van der Waals surface area contributed by atoms with Gasteiger partial charge in [-0.2, -0.15) is 5.10 Å². The first-order valence-corrected chi connectivity index (χ1v) is 9.11. The molecule has 1 aliphatic heterocycles. The maximum atomic E-state index is 10.1. The normalized spacial score (nSPS) is 23.1. The minimum atomic E-state index is -0.761. The Kier molecular flexibility index (Phi) is 5.14. The monoisotopic (exact) mass is 384 g/mol. The van der Waals surface area contributed by atoms with Crippen molar-refractivity contribution in [1.82, 2.24) is 19.5 Å². The summed E-state index contributed by atoms with van der Waals surface area (Å²) in [7, 11) is 1.63. The number of fused-ring (bicyclic) bond motifs is 1. The minimum Gasteiger partial charge on any atom is -0.497 e. The van der Waals surface area contributed by atoms with Crippen LogP contribution in [0.15, 0.2) is 42.9 Å². The molecule has 0 saturated carbocycles. The summed E-state index contributed by atoms with van der Waals surface area (Å²) in [6.07, 6.45) is 1.84. The van der Waals surface area contributed by atoms with Crippen molar-refractivity contribution in [2.75, 3.05) is 25.5 Å². The zero-order valence-electron chi connectivity index (χ0n) is 15.6. The van der Waals surface area contributed by atoms with E-state index in [-0.39, 0.29) is 0 Å². The number of rotatable bonds is 5. The summed E-state index contributed by atoms with van der Waals surface area (Å²) in [5.74, 6) is 1.41. The molecular formula is C19H24N6O3. The van der Waals surface area contributed by atoms with Crippen LogP contribution in [0.25, 0.3) is 5.52 Å². The number of hydrogen-bond donors (Lipinski definition) is 4. The van der Waals surface area contributed by atoms with Crippen LogP contribution in [-0.2, 0) is 6.54 Å². The number of aromatic nitrogens is 3. The number of β-amino-alcohol motifs (C(OH)–C–C–N with tert-alkyl or cyclic N) is 2. The summed E-state index contributed by atoms with van der Waals surface area (Å²) >= 11 is 0. The summed E-state index contributed by atoms with van der Waals surface area (Å²) in [4.78, 5) is 6.39. The number of piperidine rings is 1. The fourth-order valence-electron chi connectivity index (χ4n) is 3.55. The van der Waals surface area contributed by atoms with Crippen molar-refractivity contribution in [2.24, 2.45) is 5.73 Å². The molecule has 5 N–H and O–H groups in total. The van der Waals surface area contributed by atoms with Crippen LogP contribution >= 0.6 is 0 Å². The number of aliphatic hydroxyl groups excluding tert-OH is 2. The molecule has 9 nitrogen and oxygen atoms in total. The summed E-state index contributed by atoms with van der Waals surface area (Å²) < 4.78 is 7.03. The Bertz CT molecular complexity index is 950. The predicted molar refractivity (Wildman–Crippen MR) is 105 cm³/mol. The lowest BCUT2D eigenvalue weighted by molar-refractivity contribution is -0.0289. The molecule has 1 aliphatic rings. The van der Waals surface area contributed by atoms with Crippen LogP contribution in [0.2, 0.25) is 0 Å². The average Bonchev–Trinajstić information content (AvgIpc) is 3.10. The van der Waals surface area contributed by atoms with E-state index in [2.05, 4.69) is 15.4 Å². The van der Waals surface area contributed by atoms with Gasteiger partial charge in [-0.25, -0.2) is 9.50 Å². The lowest BCUT2D eigenvalue weighted by Gasteiger charge is -2.37. The predicted octanol–water partition coefficient (Wildman–Crippen LogP) is 0.346. The summed E-state index contributed by atoms with van der Waals surface area (Å²) in [5, 5.41) is 27.8. The van der Waals surface area contributed by atoms with Gasteiger partial charge in [0.2, 0.25) is 0 Å². The molecule has 9 heteroatoms. The molecule has 0 unspecified atom stereocenters. The van der Waals surface area contributed by atoms with Gasteiger partial charge >= 0.3 is 0 Å². The van der Waals surface area contributed by atoms with Gasteiger partial charge in [0, 0.05) is 37.6 Å². The third kappa shape index (κ3) is 3.65. The van der Waals surface area contributed by atoms with Crippen LogP contribution in [0, 0.1) is 0 Å². The van der Waals surface area contributed by atoms with Crippen molar-refractivity contribution in [2.45, 2.75) is 24.8 Å². The molecule has 2 aromatic heterocycles. The van der Waals surface area contributed by atoms with Gasteiger partial charge in [0.25, 0.3) is 0 Å². The largest absolute Gasteiger partial charge is 0.497 e. The topological polar surface area (TPSA) is 121 Å². The van der Waals surface area contributed by atoms with Crippen LogP contribution in [0.5, 0.6) is 5.75 Å². The van der Waals surface area contributed by atoms with E-state index in [0.717, 1.165) is 22.5 Å². The molecule has 0 spiro atoms. The number of hydrogen-bond acceptors (Lipinski definition) is 8. The Morgan fingerprint density at radius 1 is 1.25 bits per heavy atom. The van der Waals surface area contributed by atoms with Crippen LogP contribution in [-0.4, -0.2) is 68.2 Å². The summed E-state index contributed by atoms with van der Waals surface area (Å²) in [6.45, 7) is 1.35. The number of nitrogens with two attached hydrogens (primary N) is 1. The van der Waals surface area contributed by atoms with Gasteiger partial charge in [-0.1, -0.05) is 6.07 Å². The van der Waals surface area contributed by atoms with Gasteiger partial charge in [-0.05, 0) is 23.8 Å². The van der Waals surface area contributed by atoms with Crippen LogP contribution < -0.4 is 15.8 Å². The molecule has 0 radical (unpaired) electrons. The average molecular weight is 384 g/mol. The van der Waals surface area contributed by atoms with Crippen LogP contribution in [0.4, 0.5) is 11.5 Å². The fraction of sp³-hybridized carbons (Fsp3) is 0.368. The SMILES string of the molecule is COc1cccc(Nc2ncnn3ccc(CN4C[C@@H](O)[C@H](N)[C@@H](O)C4)c23)c1. The molecule has 0 bridgehead atoms. The van der Waals surface area contributed by atoms with E-state index in [1.165, 1.54) is 6.33 Å². The standard InChI is InChI=1S/C19H24N6O3/c1-28-14-4-2-3-13(7-14)23-19-18-12(5-6-25(18)22-11-21-19)8-24-9-15(26)17(20)16(27)10-24/h2-7,11,15-17,26-27H,8-10,20H2,1H3,(H,21,22,23)/t15-,16+,17+. The van der Waals surface area contributed by atoms with E-state index in [4.69, 9.17) is 10.5 Å². The number of nitrogens with one attached hydrogen (secondary N) is 1. The van der Waals surface area contributed by atoms with Gasteiger partial charge < -0.3 is 26.0 Å².